The monoisotopic (exact) mass is 674 g/mol. The van der Waals surface area contributed by atoms with Gasteiger partial charge in [0.2, 0.25) is 0 Å². The number of thioether (sulfide) groups is 1. The molecule has 4 nitrogen and oxygen atoms in total. The summed E-state index contributed by atoms with van der Waals surface area (Å²) in [5.74, 6) is 1.25. The third kappa shape index (κ3) is 4.47. The van der Waals surface area contributed by atoms with Crippen LogP contribution in [0.15, 0.2) is 157 Å². The number of hydrogen-bond acceptors (Lipinski definition) is 3. The second-order valence-corrected chi connectivity index (χ2v) is 15.3. The van der Waals surface area contributed by atoms with E-state index in [1.165, 1.54) is 59.9 Å². The summed E-state index contributed by atoms with van der Waals surface area (Å²) in [5, 5.41) is 5.68. The van der Waals surface area contributed by atoms with Gasteiger partial charge < -0.3 is 9.13 Å². The van der Waals surface area contributed by atoms with E-state index in [1.807, 2.05) is 11.8 Å². The van der Waals surface area contributed by atoms with Crippen molar-refractivity contribution < 1.29 is 0 Å². The molecule has 1 fully saturated rings. The summed E-state index contributed by atoms with van der Waals surface area (Å²) in [6.07, 6.45) is 3.33. The first-order valence-electron chi connectivity index (χ1n) is 18.0. The summed E-state index contributed by atoms with van der Waals surface area (Å²) in [4.78, 5) is 11.8. The molecule has 9 aromatic rings. The molecule has 0 N–H and O–H groups in total. The Kier molecular flexibility index (Phi) is 6.53. The van der Waals surface area contributed by atoms with Crippen molar-refractivity contribution in [2.45, 2.75) is 41.4 Å². The van der Waals surface area contributed by atoms with Gasteiger partial charge in [-0.1, -0.05) is 115 Å². The molecule has 5 heteroatoms. The van der Waals surface area contributed by atoms with Crippen LogP contribution in [0, 0.1) is 0 Å². The van der Waals surface area contributed by atoms with Crippen LogP contribution in [0.1, 0.15) is 36.9 Å². The van der Waals surface area contributed by atoms with E-state index in [4.69, 9.17) is 9.97 Å². The van der Waals surface area contributed by atoms with E-state index in [2.05, 4.69) is 161 Å². The van der Waals surface area contributed by atoms with Crippen LogP contribution in [-0.4, -0.2) is 24.4 Å². The third-order valence-corrected chi connectivity index (χ3v) is 12.7. The lowest BCUT2D eigenvalue weighted by atomic mass is 9.83. The van der Waals surface area contributed by atoms with Gasteiger partial charge in [0.25, 0.3) is 0 Å². The molecule has 3 unspecified atom stereocenters. The Morgan fingerprint density at radius 1 is 0.529 bits per heavy atom. The number of benzene rings is 6. The highest BCUT2D eigenvalue weighted by molar-refractivity contribution is 8.00. The van der Waals surface area contributed by atoms with Crippen LogP contribution in [0.4, 0.5) is 0 Å². The molecule has 4 heterocycles. The van der Waals surface area contributed by atoms with Crippen LogP contribution in [0.2, 0.25) is 0 Å². The van der Waals surface area contributed by atoms with Crippen molar-refractivity contribution in [3.05, 3.63) is 157 Å². The third-order valence-electron chi connectivity index (χ3n) is 11.3. The molecule has 0 amide bonds. The molecule has 3 aromatic heterocycles. The molecule has 3 atom stereocenters. The fourth-order valence-corrected chi connectivity index (χ4v) is 10.6. The van der Waals surface area contributed by atoms with Crippen LogP contribution in [0.5, 0.6) is 0 Å². The van der Waals surface area contributed by atoms with Crippen LogP contribution < -0.4 is 0 Å². The van der Waals surface area contributed by atoms with Crippen LogP contribution in [0.3, 0.4) is 0 Å². The van der Waals surface area contributed by atoms with E-state index in [1.54, 1.807) is 0 Å². The van der Waals surface area contributed by atoms with E-state index in [0.29, 0.717) is 17.2 Å². The molecule has 244 valence electrons. The molecule has 0 spiro atoms. The number of hydrogen-bond donors (Lipinski definition) is 0. The minimum absolute atomic E-state index is 0.399. The fraction of sp³-hybridized carbons (Fsp3) is 0.130. The average Bonchev–Trinajstić information content (AvgIpc) is 3.85. The van der Waals surface area contributed by atoms with Gasteiger partial charge >= 0.3 is 0 Å². The van der Waals surface area contributed by atoms with Crippen molar-refractivity contribution in [1.29, 1.82) is 0 Å². The Bertz CT molecular complexity index is 2730. The van der Waals surface area contributed by atoms with Crippen LogP contribution in [-0.2, 0) is 0 Å². The Morgan fingerprint density at radius 2 is 1.12 bits per heavy atom. The first-order valence-corrected chi connectivity index (χ1v) is 18.9. The van der Waals surface area contributed by atoms with Gasteiger partial charge in [-0.2, -0.15) is 0 Å². The molecule has 1 saturated carbocycles. The lowest BCUT2D eigenvalue weighted by Gasteiger charge is -2.33. The molecule has 1 aliphatic heterocycles. The molecule has 2 aliphatic rings. The summed E-state index contributed by atoms with van der Waals surface area (Å²) < 4.78 is 5.10. The minimum atomic E-state index is 0.399. The predicted molar refractivity (Wildman–Crippen MR) is 212 cm³/mol. The Hall–Kier alpha value is -5.65. The molecule has 0 bridgehead atoms. The number of aromatic nitrogens is 4. The second-order valence-electron chi connectivity index (χ2n) is 14.0. The normalized spacial score (nSPS) is 18.5. The van der Waals surface area contributed by atoms with E-state index in [0.717, 1.165) is 41.9 Å². The van der Waals surface area contributed by atoms with Gasteiger partial charge in [0.15, 0.2) is 5.82 Å². The lowest BCUT2D eigenvalue weighted by Crippen LogP contribution is -2.25. The fourth-order valence-electron chi connectivity index (χ4n) is 9.00. The maximum absolute atomic E-state index is 5.32. The van der Waals surface area contributed by atoms with E-state index >= 15 is 0 Å². The summed E-state index contributed by atoms with van der Waals surface area (Å²) in [5.41, 5.74) is 10.9. The first kappa shape index (κ1) is 29.1. The molecule has 11 rings (SSSR count). The number of fused-ring (bicyclic) bond motifs is 9. The molecule has 51 heavy (non-hydrogen) atoms. The van der Waals surface area contributed by atoms with Gasteiger partial charge in [-0.15, -0.1) is 11.8 Å². The Labute approximate surface area is 300 Å². The summed E-state index contributed by atoms with van der Waals surface area (Å²) in [6.45, 7) is 0. The summed E-state index contributed by atoms with van der Waals surface area (Å²) in [7, 11) is 0. The molecular weight excluding hydrogens is 641 g/mol. The molecule has 6 aromatic carbocycles. The molecule has 0 saturated heterocycles. The van der Waals surface area contributed by atoms with Crippen LogP contribution in [0.25, 0.3) is 71.9 Å². The highest BCUT2D eigenvalue weighted by atomic mass is 32.2. The number of nitrogens with zero attached hydrogens (tertiary/aromatic N) is 4. The highest BCUT2D eigenvalue weighted by Crippen LogP contribution is 2.56. The van der Waals surface area contributed by atoms with Crippen molar-refractivity contribution in [2.24, 2.45) is 0 Å². The van der Waals surface area contributed by atoms with Crippen molar-refractivity contribution in [2.75, 3.05) is 0 Å². The quantitative estimate of drug-likeness (QED) is 0.186. The van der Waals surface area contributed by atoms with Crippen molar-refractivity contribution in [3.8, 4) is 28.3 Å². The standard InChI is InChI=1S/C46H34N4S/c1-3-13-29(14-4-1)43-45-44(48-46(47-43)30-15-5-2-6-16-30)36-25-23-32(28-42(36)51-45)50-40-22-12-9-19-35(40)37-27-31(24-26-41(37)50)49-38-20-10-7-17-33(38)34-18-8-11-21-39(34)49/h1-22,24,26-27,32,36,42H,23,25,28H2. The van der Waals surface area contributed by atoms with Gasteiger partial charge in [0.1, 0.15) is 0 Å². The van der Waals surface area contributed by atoms with Gasteiger partial charge in [0, 0.05) is 66.6 Å². The predicted octanol–water partition coefficient (Wildman–Crippen LogP) is 12.0. The smallest absolute Gasteiger partial charge is 0.160 e. The van der Waals surface area contributed by atoms with E-state index in [-0.39, 0.29) is 0 Å². The summed E-state index contributed by atoms with van der Waals surface area (Å²) in [6, 6.07) is 55.3. The Morgan fingerprint density at radius 3 is 1.82 bits per heavy atom. The first-order chi connectivity index (χ1) is 25.3. The van der Waals surface area contributed by atoms with Crippen molar-refractivity contribution >= 4 is 55.4 Å². The zero-order valence-electron chi connectivity index (χ0n) is 28.0. The Balaban J connectivity index is 1.01. The maximum Gasteiger partial charge on any atom is 0.160 e. The lowest BCUT2D eigenvalue weighted by molar-refractivity contribution is 0.344. The second kappa shape index (κ2) is 11.4. The van der Waals surface area contributed by atoms with Gasteiger partial charge in [-0.3, -0.25) is 0 Å². The van der Waals surface area contributed by atoms with Gasteiger partial charge in [-0.25, -0.2) is 9.97 Å². The topological polar surface area (TPSA) is 35.6 Å². The van der Waals surface area contributed by atoms with Gasteiger partial charge in [-0.05, 0) is 55.7 Å². The van der Waals surface area contributed by atoms with Crippen LogP contribution >= 0.6 is 11.8 Å². The number of rotatable bonds is 4. The summed E-state index contributed by atoms with van der Waals surface area (Å²) >= 11 is 2.02. The van der Waals surface area contributed by atoms with Gasteiger partial charge in [0.05, 0.1) is 27.3 Å². The van der Waals surface area contributed by atoms with E-state index < -0.39 is 0 Å². The SMILES string of the molecule is c1ccc(-c2nc(-c3ccccc3)c3c(n2)C2CCC(n4c5ccccc5c5cc(-n6c7ccccc7c7ccccc76)ccc54)CC2S3)cc1. The van der Waals surface area contributed by atoms with Crippen molar-refractivity contribution in [1.82, 2.24) is 19.1 Å². The number of para-hydroxylation sites is 3. The largest absolute Gasteiger partial charge is 0.337 e. The zero-order chi connectivity index (χ0) is 33.5. The zero-order valence-corrected chi connectivity index (χ0v) is 28.8. The van der Waals surface area contributed by atoms with Crippen molar-refractivity contribution in [3.63, 3.8) is 0 Å². The highest BCUT2D eigenvalue weighted by Gasteiger charge is 2.42. The molecular formula is C46H34N4S. The molecule has 1 aliphatic carbocycles. The maximum atomic E-state index is 5.32. The minimum Gasteiger partial charge on any atom is -0.337 e. The average molecular weight is 675 g/mol. The van der Waals surface area contributed by atoms with E-state index in [9.17, 15) is 0 Å². The molecule has 0 radical (unpaired) electrons.